The van der Waals surface area contributed by atoms with Gasteiger partial charge in [0.2, 0.25) is 6.79 Å². The molecule has 6 nitrogen and oxygen atoms in total. The Morgan fingerprint density at radius 1 is 1.09 bits per heavy atom. The summed E-state index contributed by atoms with van der Waals surface area (Å²) >= 11 is 0. The Bertz CT molecular complexity index is 724. The predicted octanol–water partition coefficient (Wildman–Crippen LogP) is 2.66. The fourth-order valence-electron chi connectivity index (χ4n) is 2.83. The number of hydrogen-bond acceptors (Lipinski definition) is 5. The number of carbonyl (C=O) groups excluding carboxylic acids is 1. The number of aromatic nitrogens is 1. The molecule has 0 radical (unpaired) electrons. The van der Waals surface area contributed by atoms with Crippen LogP contribution in [0.2, 0.25) is 0 Å². The Kier molecular flexibility index (Phi) is 3.49. The quantitative estimate of drug-likeness (QED) is 0.944. The van der Waals surface area contributed by atoms with Crippen LogP contribution in [0.15, 0.2) is 36.5 Å². The summed E-state index contributed by atoms with van der Waals surface area (Å²) in [6.45, 7) is 2.29. The third-order valence-electron chi connectivity index (χ3n) is 4.07. The lowest BCUT2D eigenvalue weighted by atomic mass is 10.2. The maximum Gasteiger partial charge on any atom is 0.257 e. The van der Waals surface area contributed by atoms with Crippen molar-refractivity contribution in [3.05, 3.63) is 42.1 Å². The smallest absolute Gasteiger partial charge is 0.257 e. The number of amides is 1. The Balaban J connectivity index is 1.46. The summed E-state index contributed by atoms with van der Waals surface area (Å²) in [6, 6.07) is 9.04. The lowest BCUT2D eigenvalue weighted by molar-refractivity contribution is 0.102. The second kappa shape index (κ2) is 5.79. The van der Waals surface area contributed by atoms with Crippen molar-refractivity contribution in [3.8, 4) is 11.5 Å². The normalized spacial score (nSPS) is 15.7. The Labute approximate surface area is 134 Å². The van der Waals surface area contributed by atoms with Crippen LogP contribution in [-0.4, -0.2) is 30.8 Å². The summed E-state index contributed by atoms with van der Waals surface area (Å²) in [7, 11) is 0. The molecule has 4 rings (SSSR count). The lowest BCUT2D eigenvalue weighted by Gasteiger charge is -2.16. The highest BCUT2D eigenvalue weighted by atomic mass is 16.7. The van der Waals surface area contributed by atoms with Gasteiger partial charge in [-0.25, -0.2) is 4.98 Å². The van der Waals surface area contributed by atoms with Gasteiger partial charge in [0.05, 0.1) is 5.56 Å². The minimum Gasteiger partial charge on any atom is -0.454 e. The fraction of sp³-hybridized carbons (Fsp3) is 0.294. The Morgan fingerprint density at radius 3 is 2.70 bits per heavy atom. The molecule has 3 heterocycles. The number of carbonyl (C=O) groups is 1. The molecule has 1 fully saturated rings. The maximum absolute atomic E-state index is 12.3. The van der Waals surface area contributed by atoms with Crippen molar-refractivity contribution in [1.29, 1.82) is 0 Å². The van der Waals surface area contributed by atoms with Gasteiger partial charge in [-0.05, 0) is 37.1 Å². The van der Waals surface area contributed by atoms with Gasteiger partial charge in [-0.1, -0.05) is 0 Å². The number of hydrogen-bond donors (Lipinski definition) is 1. The van der Waals surface area contributed by atoms with E-state index in [9.17, 15) is 4.79 Å². The first-order valence-electron chi connectivity index (χ1n) is 7.71. The number of rotatable bonds is 3. The van der Waals surface area contributed by atoms with E-state index in [1.165, 1.54) is 12.8 Å². The van der Waals surface area contributed by atoms with Crippen LogP contribution in [0.25, 0.3) is 0 Å². The second-order valence-electron chi connectivity index (χ2n) is 5.62. The van der Waals surface area contributed by atoms with Gasteiger partial charge in [0.15, 0.2) is 11.5 Å². The van der Waals surface area contributed by atoms with Crippen LogP contribution in [0, 0.1) is 0 Å². The van der Waals surface area contributed by atoms with Crippen molar-refractivity contribution in [2.24, 2.45) is 0 Å². The highest BCUT2D eigenvalue weighted by Gasteiger charge is 2.16. The van der Waals surface area contributed by atoms with Crippen LogP contribution < -0.4 is 19.7 Å². The minimum atomic E-state index is -0.190. The molecular weight excluding hydrogens is 294 g/mol. The van der Waals surface area contributed by atoms with Gasteiger partial charge in [-0.3, -0.25) is 4.79 Å². The SMILES string of the molecule is O=C(Nc1ccc2c(c1)OCO2)c1ccc(N2CCCC2)nc1. The van der Waals surface area contributed by atoms with E-state index in [0.717, 1.165) is 18.9 Å². The molecular formula is C17H17N3O3. The van der Waals surface area contributed by atoms with Gasteiger partial charge in [-0.15, -0.1) is 0 Å². The van der Waals surface area contributed by atoms with E-state index in [1.807, 2.05) is 12.1 Å². The molecule has 0 atom stereocenters. The molecule has 0 spiro atoms. The van der Waals surface area contributed by atoms with Gasteiger partial charge in [0.25, 0.3) is 5.91 Å². The standard InChI is InChI=1S/C17H17N3O3/c21-17(19-13-4-5-14-15(9-13)23-11-22-14)12-3-6-16(18-10-12)20-7-1-2-8-20/h3-6,9-10H,1-2,7-8,11H2,(H,19,21). The molecule has 1 saturated heterocycles. The molecule has 1 aromatic heterocycles. The molecule has 0 saturated carbocycles. The van der Waals surface area contributed by atoms with E-state index >= 15 is 0 Å². The van der Waals surface area contributed by atoms with Gasteiger partial charge in [0.1, 0.15) is 5.82 Å². The number of anilines is 2. The molecule has 1 amide bonds. The number of nitrogens with zero attached hydrogens (tertiary/aromatic N) is 2. The number of fused-ring (bicyclic) bond motifs is 1. The molecule has 118 valence electrons. The number of ether oxygens (including phenoxy) is 2. The summed E-state index contributed by atoms with van der Waals surface area (Å²) in [5.41, 5.74) is 1.20. The van der Waals surface area contributed by atoms with Crippen LogP contribution in [-0.2, 0) is 0 Å². The van der Waals surface area contributed by atoms with Crippen LogP contribution in [0.5, 0.6) is 11.5 Å². The van der Waals surface area contributed by atoms with E-state index in [1.54, 1.807) is 24.4 Å². The van der Waals surface area contributed by atoms with Crippen molar-refractivity contribution < 1.29 is 14.3 Å². The van der Waals surface area contributed by atoms with Gasteiger partial charge in [0, 0.05) is 31.0 Å². The second-order valence-corrected chi connectivity index (χ2v) is 5.62. The average molecular weight is 311 g/mol. The lowest BCUT2D eigenvalue weighted by Crippen LogP contribution is -2.19. The first kappa shape index (κ1) is 13.9. The van der Waals surface area contributed by atoms with E-state index in [0.29, 0.717) is 22.7 Å². The summed E-state index contributed by atoms with van der Waals surface area (Å²) in [5.74, 6) is 2.08. The Morgan fingerprint density at radius 2 is 1.91 bits per heavy atom. The molecule has 1 aromatic carbocycles. The first-order chi connectivity index (χ1) is 11.3. The molecule has 1 N–H and O–H groups in total. The number of pyridine rings is 1. The molecule has 2 aromatic rings. The van der Waals surface area contributed by atoms with Crippen molar-refractivity contribution in [3.63, 3.8) is 0 Å². The third kappa shape index (κ3) is 2.79. The molecule has 0 bridgehead atoms. The van der Waals surface area contributed by atoms with Gasteiger partial charge in [-0.2, -0.15) is 0 Å². The van der Waals surface area contributed by atoms with Crippen LogP contribution in [0.4, 0.5) is 11.5 Å². The summed E-state index contributed by atoms with van der Waals surface area (Å²) in [4.78, 5) is 18.9. The zero-order valence-electron chi connectivity index (χ0n) is 12.6. The monoisotopic (exact) mass is 311 g/mol. The van der Waals surface area contributed by atoms with E-state index < -0.39 is 0 Å². The van der Waals surface area contributed by atoms with Crippen molar-refractivity contribution in [1.82, 2.24) is 4.98 Å². The van der Waals surface area contributed by atoms with Crippen molar-refractivity contribution >= 4 is 17.4 Å². The first-order valence-corrected chi connectivity index (χ1v) is 7.71. The van der Waals surface area contributed by atoms with Gasteiger partial charge < -0.3 is 19.7 Å². The molecule has 23 heavy (non-hydrogen) atoms. The highest BCUT2D eigenvalue weighted by Crippen LogP contribution is 2.34. The van der Waals surface area contributed by atoms with Crippen LogP contribution in [0.1, 0.15) is 23.2 Å². The minimum absolute atomic E-state index is 0.190. The summed E-state index contributed by atoms with van der Waals surface area (Å²) in [6.07, 6.45) is 4.03. The summed E-state index contributed by atoms with van der Waals surface area (Å²) in [5, 5.41) is 2.85. The molecule has 0 aliphatic carbocycles. The van der Waals surface area contributed by atoms with E-state index in [2.05, 4.69) is 15.2 Å². The van der Waals surface area contributed by atoms with Crippen molar-refractivity contribution in [2.45, 2.75) is 12.8 Å². The molecule has 2 aliphatic rings. The maximum atomic E-state index is 12.3. The van der Waals surface area contributed by atoms with Crippen LogP contribution >= 0.6 is 0 Å². The molecule has 0 unspecified atom stereocenters. The van der Waals surface area contributed by atoms with Crippen LogP contribution in [0.3, 0.4) is 0 Å². The fourth-order valence-corrected chi connectivity index (χ4v) is 2.83. The topological polar surface area (TPSA) is 63.7 Å². The summed E-state index contributed by atoms with van der Waals surface area (Å²) < 4.78 is 10.6. The van der Waals surface area contributed by atoms with E-state index in [-0.39, 0.29) is 12.7 Å². The zero-order chi connectivity index (χ0) is 15.6. The third-order valence-corrected chi connectivity index (χ3v) is 4.07. The van der Waals surface area contributed by atoms with Crippen molar-refractivity contribution in [2.75, 3.05) is 30.1 Å². The average Bonchev–Trinajstić information content (AvgIpc) is 3.26. The predicted molar refractivity (Wildman–Crippen MR) is 86.2 cm³/mol. The zero-order valence-corrected chi connectivity index (χ0v) is 12.6. The van der Waals surface area contributed by atoms with E-state index in [4.69, 9.17) is 9.47 Å². The molecule has 2 aliphatic heterocycles. The van der Waals surface area contributed by atoms with Gasteiger partial charge >= 0.3 is 0 Å². The largest absolute Gasteiger partial charge is 0.454 e. The Hall–Kier alpha value is -2.76. The molecule has 6 heteroatoms. The number of nitrogens with one attached hydrogen (secondary N) is 1. The number of benzene rings is 1. The highest BCUT2D eigenvalue weighted by molar-refractivity contribution is 6.04.